The minimum absolute atomic E-state index is 0. The Bertz CT molecular complexity index is 693. The number of aliphatic hydroxyl groups is 1. The van der Waals surface area contributed by atoms with Crippen molar-refractivity contribution in [3.63, 3.8) is 0 Å². The second kappa shape index (κ2) is 8.60. The number of likely N-dealkylation sites (N-methyl/N-ethyl adjacent to an activating group) is 1. The Balaban J connectivity index is 0.00000288. The topological polar surface area (TPSA) is 90.3 Å². The molecule has 2 aromatic rings. The zero-order chi connectivity index (χ0) is 17.0. The fourth-order valence-corrected chi connectivity index (χ4v) is 2.12. The predicted molar refractivity (Wildman–Crippen MR) is 100 cm³/mol. The molecule has 0 bridgehead atoms. The molecule has 132 valence electrons. The molecule has 1 unspecified atom stereocenters. The number of nitrogens with zero attached hydrogens (tertiary/aromatic N) is 6. The van der Waals surface area contributed by atoms with Gasteiger partial charge in [-0.3, -0.25) is 0 Å². The van der Waals surface area contributed by atoms with Crippen LogP contribution in [0.5, 0.6) is 0 Å². The summed E-state index contributed by atoms with van der Waals surface area (Å²) in [4.78, 5) is 21.5. The van der Waals surface area contributed by atoms with Gasteiger partial charge >= 0.3 is 0 Å². The summed E-state index contributed by atoms with van der Waals surface area (Å²) in [6.45, 7) is 6.42. The maximum atomic E-state index is 9.51. The molecule has 24 heavy (non-hydrogen) atoms. The van der Waals surface area contributed by atoms with Gasteiger partial charge in [0, 0.05) is 34.2 Å². The summed E-state index contributed by atoms with van der Waals surface area (Å²) >= 11 is 0. The lowest BCUT2D eigenvalue weighted by atomic mass is 10.3. The molecular formula is C15H24ClN7O. The summed E-state index contributed by atoms with van der Waals surface area (Å²) in [5, 5.41) is 12.6. The van der Waals surface area contributed by atoms with Crippen molar-refractivity contribution in [3.05, 3.63) is 18.9 Å². The Morgan fingerprint density at radius 2 is 2.00 bits per heavy atom. The molecule has 2 N–H and O–H groups in total. The maximum Gasteiger partial charge on any atom is 0.225 e. The Kier molecular flexibility index (Phi) is 7.12. The molecule has 2 heterocycles. The van der Waals surface area contributed by atoms with Crippen LogP contribution in [-0.2, 0) is 0 Å². The summed E-state index contributed by atoms with van der Waals surface area (Å²) < 4.78 is 0. The van der Waals surface area contributed by atoms with Crippen LogP contribution in [0.4, 0.5) is 17.7 Å². The van der Waals surface area contributed by atoms with E-state index in [4.69, 9.17) is 0 Å². The van der Waals surface area contributed by atoms with E-state index in [1.807, 2.05) is 26.0 Å². The van der Waals surface area contributed by atoms with Gasteiger partial charge in [-0.25, -0.2) is 15.0 Å². The molecule has 0 saturated heterocycles. The van der Waals surface area contributed by atoms with E-state index in [0.29, 0.717) is 41.8 Å². The maximum absolute atomic E-state index is 9.51. The minimum Gasteiger partial charge on any atom is -0.392 e. The minimum atomic E-state index is -0.464. The summed E-state index contributed by atoms with van der Waals surface area (Å²) in [6.07, 6.45) is 2.95. The lowest BCUT2D eigenvalue weighted by Crippen LogP contribution is -2.28. The smallest absolute Gasteiger partial charge is 0.225 e. The van der Waals surface area contributed by atoms with E-state index in [1.54, 1.807) is 24.1 Å². The van der Waals surface area contributed by atoms with E-state index >= 15 is 0 Å². The first kappa shape index (κ1) is 19.9. The fourth-order valence-electron chi connectivity index (χ4n) is 2.12. The molecule has 0 amide bonds. The lowest BCUT2D eigenvalue weighted by molar-refractivity contribution is 0.201. The van der Waals surface area contributed by atoms with Crippen molar-refractivity contribution in [1.82, 2.24) is 19.9 Å². The molecule has 0 aromatic carbocycles. The molecule has 9 heteroatoms. The molecule has 8 nitrogen and oxygen atoms in total. The number of aliphatic hydroxyl groups excluding tert-OH is 1. The molecule has 0 aliphatic rings. The number of fused-ring (bicyclic) bond motifs is 1. The Morgan fingerprint density at radius 3 is 2.58 bits per heavy atom. The van der Waals surface area contributed by atoms with Crippen LogP contribution < -0.4 is 15.1 Å². The van der Waals surface area contributed by atoms with Gasteiger partial charge in [-0.15, -0.1) is 19.0 Å². The largest absolute Gasteiger partial charge is 0.392 e. The molecule has 2 aromatic heterocycles. The van der Waals surface area contributed by atoms with E-state index in [-0.39, 0.29) is 12.4 Å². The van der Waals surface area contributed by atoms with E-state index in [1.165, 1.54) is 0 Å². The summed E-state index contributed by atoms with van der Waals surface area (Å²) in [7, 11) is 5.64. The third-order valence-corrected chi connectivity index (χ3v) is 3.11. The first-order valence-electron chi connectivity index (χ1n) is 7.38. The summed E-state index contributed by atoms with van der Waals surface area (Å²) in [6, 6.07) is 0. The second-order valence-corrected chi connectivity index (χ2v) is 5.57. The average molecular weight is 354 g/mol. The lowest BCUT2D eigenvalue weighted by Gasteiger charge is -2.20. The Labute approximate surface area is 148 Å². The van der Waals surface area contributed by atoms with Crippen LogP contribution in [0.1, 0.15) is 6.92 Å². The average Bonchev–Trinajstić information content (AvgIpc) is 2.50. The van der Waals surface area contributed by atoms with E-state index < -0.39 is 6.10 Å². The van der Waals surface area contributed by atoms with Gasteiger partial charge in [0.15, 0.2) is 5.82 Å². The molecule has 2 rings (SSSR count). The summed E-state index contributed by atoms with van der Waals surface area (Å²) in [5.41, 5.74) is 1.33. The van der Waals surface area contributed by atoms with Gasteiger partial charge in [-0.05, 0) is 6.92 Å². The Morgan fingerprint density at radius 1 is 1.29 bits per heavy atom. The zero-order valence-corrected chi connectivity index (χ0v) is 15.2. The Hall–Kier alpha value is -2.19. The SMILES string of the molecule is C=CCNc1nc(N(C)C)c2nc(N(C)CC(C)O)ncc2n1.Cl. The van der Waals surface area contributed by atoms with Crippen LogP contribution in [0.3, 0.4) is 0 Å². The van der Waals surface area contributed by atoms with E-state index in [2.05, 4.69) is 31.8 Å². The molecule has 0 aliphatic carbocycles. The van der Waals surface area contributed by atoms with Crippen molar-refractivity contribution in [2.45, 2.75) is 13.0 Å². The van der Waals surface area contributed by atoms with Crippen molar-refractivity contribution in [3.8, 4) is 0 Å². The number of anilines is 3. The van der Waals surface area contributed by atoms with Crippen LogP contribution in [0.25, 0.3) is 11.0 Å². The fraction of sp³-hybridized carbons (Fsp3) is 0.467. The number of nitrogens with one attached hydrogen (secondary N) is 1. The van der Waals surface area contributed by atoms with Gasteiger partial charge in [0.2, 0.25) is 11.9 Å². The van der Waals surface area contributed by atoms with Gasteiger partial charge in [0.05, 0.1) is 12.3 Å². The van der Waals surface area contributed by atoms with Gasteiger partial charge in [-0.1, -0.05) is 6.08 Å². The van der Waals surface area contributed by atoms with Crippen molar-refractivity contribution in [2.24, 2.45) is 0 Å². The normalized spacial score (nSPS) is 11.5. The number of rotatable bonds is 7. The number of aromatic nitrogens is 4. The molecule has 0 radical (unpaired) electrons. The van der Waals surface area contributed by atoms with E-state index in [0.717, 1.165) is 0 Å². The first-order valence-corrected chi connectivity index (χ1v) is 7.38. The van der Waals surface area contributed by atoms with Crippen molar-refractivity contribution in [1.29, 1.82) is 0 Å². The zero-order valence-electron chi connectivity index (χ0n) is 14.4. The second-order valence-electron chi connectivity index (χ2n) is 5.57. The molecular weight excluding hydrogens is 330 g/mol. The van der Waals surface area contributed by atoms with Gasteiger partial charge in [0.25, 0.3) is 0 Å². The number of halogens is 1. The van der Waals surface area contributed by atoms with Crippen LogP contribution in [-0.4, -0.2) is 65.4 Å². The first-order chi connectivity index (χ1) is 10.9. The molecule has 0 fully saturated rings. The number of hydrogen-bond donors (Lipinski definition) is 2. The van der Waals surface area contributed by atoms with Crippen LogP contribution >= 0.6 is 12.4 Å². The van der Waals surface area contributed by atoms with Gasteiger partial charge in [-0.2, -0.15) is 4.98 Å². The van der Waals surface area contributed by atoms with Crippen LogP contribution in [0, 0.1) is 0 Å². The van der Waals surface area contributed by atoms with Crippen molar-refractivity contribution in [2.75, 3.05) is 49.3 Å². The van der Waals surface area contributed by atoms with Crippen LogP contribution in [0.2, 0.25) is 0 Å². The standard InChI is InChI=1S/C15H23N7O.ClH/c1-6-7-16-14-18-11-8-17-15(22(5)9-10(2)23)19-12(11)13(20-14)21(3)4;/h6,8,10,23H,1,7,9H2,2-5H3,(H,16,18,20);1H. The monoisotopic (exact) mass is 353 g/mol. The molecule has 0 spiro atoms. The third kappa shape index (κ3) is 4.65. The highest BCUT2D eigenvalue weighted by Gasteiger charge is 2.14. The summed E-state index contributed by atoms with van der Waals surface area (Å²) in [5.74, 6) is 1.74. The van der Waals surface area contributed by atoms with Crippen LogP contribution in [0.15, 0.2) is 18.9 Å². The quantitative estimate of drug-likeness (QED) is 0.720. The highest BCUT2D eigenvalue weighted by atomic mass is 35.5. The number of hydrogen-bond acceptors (Lipinski definition) is 8. The van der Waals surface area contributed by atoms with Crippen molar-refractivity contribution < 1.29 is 5.11 Å². The van der Waals surface area contributed by atoms with E-state index in [9.17, 15) is 5.11 Å². The van der Waals surface area contributed by atoms with Gasteiger partial charge in [0.1, 0.15) is 11.0 Å². The van der Waals surface area contributed by atoms with Gasteiger partial charge < -0.3 is 20.2 Å². The van der Waals surface area contributed by atoms with Crippen molar-refractivity contribution >= 4 is 41.2 Å². The third-order valence-electron chi connectivity index (χ3n) is 3.11. The highest BCUT2D eigenvalue weighted by Crippen LogP contribution is 2.23. The molecule has 1 atom stereocenters. The highest BCUT2D eigenvalue weighted by molar-refractivity contribution is 5.87. The molecule has 0 aliphatic heterocycles. The predicted octanol–water partition coefficient (Wildman–Crippen LogP) is 1.32. The molecule has 0 saturated carbocycles.